The van der Waals surface area contributed by atoms with Gasteiger partial charge in [-0.25, -0.2) is 0 Å². The average Bonchev–Trinajstić information content (AvgIpc) is 1.91. The number of nitrogens with one attached hydrogen (secondary N) is 1. The molecule has 0 bridgehead atoms. The SMILES string of the molecule is CN[CH]c1ccccc1. The standard InChI is InChI=1S/C8H10N/c1-9-7-8-5-3-2-4-6-8/h2-7,9H,1H3. The first-order valence-corrected chi connectivity index (χ1v) is 2.99. The second-order valence-corrected chi connectivity index (χ2v) is 1.84. The summed E-state index contributed by atoms with van der Waals surface area (Å²) in [6.07, 6.45) is 0. The molecule has 1 rings (SSSR count). The Hall–Kier alpha value is -0.820. The fourth-order valence-electron chi connectivity index (χ4n) is 0.716. The molecule has 1 aromatic carbocycles. The molecule has 1 nitrogen and oxygen atoms in total. The lowest BCUT2D eigenvalue weighted by Crippen LogP contribution is -2.00. The van der Waals surface area contributed by atoms with Gasteiger partial charge in [-0.1, -0.05) is 30.3 Å². The predicted octanol–water partition coefficient (Wildman–Crippen LogP) is 1.42. The number of hydrogen-bond donors (Lipinski definition) is 1. The van der Waals surface area contributed by atoms with Crippen LogP contribution in [0.25, 0.3) is 0 Å². The summed E-state index contributed by atoms with van der Waals surface area (Å²) in [6, 6.07) is 10.1. The first-order chi connectivity index (χ1) is 4.43. The van der Waals surface area contributed by atoms with Crippen LogP contribution in [0.3, 0.4) is 0 Å². The molecule has 0 amide bonds. The maximum atomic E-state index is 2.96. The Morgan fingerprint density at radius 1 is 1.22 bits per heavy atom. The predicted molar refractivity (Wildman–Crippen MR) is 38.9 cm³/mol. The van der Waals surface area contributed by atoms with Gasteiger partial charge in [-0.15, -0.1) is 0 Å². The summed E-state index contributed by atoms with van der Waals surface area (Å²) in [4.78, 5) is 0. The number of hydrogen-bond acceptors (Lipinski definition) is 1. The fourth-order valence-corrected chi connectivity index (χ4v) is 0.716. The van der Waals surface area contributed by atoms with Crippen molar-refractivity contribution < 1.29 is 0 Å². The molecule has 0 aliphatic rings. The average molecular weight is 120 g/mol. The number of benzene rings is 1. The van der Waals surface area contributed by atoms with Crippen LogP contribution in [0.1, 0.15) is 5.56 Å². The van der Waals surface area contributed by atoms with Crippen molar-refractivity contribution in [3.8, 4) is 0 Å². The van der Waals surface area contributed by atoms with Crippen LogP contribution in [0.15, 0.2) is 30.3 Å². The molecular formula is C8H10N. The molecule has 1 aromatic rings. The fraction of sp³-hybridized carbons (Fsp3) is 0.125. The third-order valence-corrected chi connectivity index (χ3v) is 1.11. The largest absolute Gasteiger partial charge is 0.311 e. The molecule has 0 atom stereocenters. The van der Waals surface area contributed by atoms with E-state index in [1.807, 2.05) is 31.8 Å². The topological polar surface area (TPSA) is 12.0 Å². The van der Waals surface area contributed by atoms with Crippen LogP contribution < -0.4 is 5.32 Å². The van der Waals surface area contributed by atoms with Gasteiger partial charge in [-0.3, -0.25) is 0 Å². The molecule has 9 heavy (non-hydrogen) atoms. The third-order valence-electron chi connectivity index (χ3n) is 1.11. The van der Waals surface area contributed by atoms with Crippen molar-refractivity contribution in [3.05, 3.63) is 42.4 Å². The van der Waals surface area contributed by atoms with Crippen LogP contribution in [-0.4, -0.2) is 7.05 Å². The van der Waals surface area contributed by atoms with Gasteiger partial charge in [-0.2, -0.15) is 0 Å². The zero-order valence-corrected chi connectivity index (χ0v) is 5.46. The quantitative estimate of drug-likeness (QED) is 0.622. The third kappa shape index (κ3) is 1.86. The van der Waals surface area contributed by atoms with Gasteiger partial charge >= 0.3 is 0 Å². The second-order valence-electron chi connectivity index (χ2n) is 1.84. The molecule has 47 valence electrons. The molecule has 0 unspecified atom stereocenters. The summed E-state index contributed by atoms with van der Waals surface area (Å²) in [6.45, 7) is 1.96. The highest BCUT2D eigenvalue weighted by Crippen LogP contribution is 1.97. The van der Waals surface area contributed by atoms with E-state index in [1.54, 1.807) is 0 Å². The van der Waals surface area contributed by atoms with E-state index in [0.29, 0.717) is 0 Å². The summed E-state index contributed by atoms with van der Waals surface area (Å²) < 4.78 is 0. The van der Waals surface area contributed by atoms with Gasteiger partial charge < -0.3 is 5.32 Å². The number of rotatable bonds is 2. The highest BCUT2D eigenvalue weighted by atomic mass is 14.8. The molecular weight excluding hydrogens is 110 g/mol. The van der Waals surface area contributed by atoms with E-state index in [-0.39, 0.29) is 0 Å². The molecule has 0 aliphatic heterocycles. The smallest absolute Gasteiger partial charge is 0.0515 e. The van der Waals surface area contributed by atoms with Crippen molar-refractivity contribution in [2.45, 2.75) is 0 Å². The highest BCUT2D eigenvalue weighted by Gasteiger charge is 1.84. The van der Waals surface area contributed by atoms with Crippen molar-refractivity contribution in [1.82, 2.24) is 5.32 Å². The van der Waals surface area contributed by atoms with Gasteiger partial charge in [0, 0.05) is 0 Å². The Bertz CT molecular complexity index is 157. The second kappa shape index (κ2) is 3.25. The molecule has 1 radical (unpaired) electrons. The molecule has 1 heteroatoms. The minimum Gasteiger partial charge on any atom is -0.311 e. The Morgan fingerprint density at radius 2 is 1.89 bits per heavy atom. The Balaban J connectivity index is 2.61. The van der Waals surface area contributed by atoms with Gasteiger partial charge in [0.25, 0.3) is 0 Å². The maximum Gasteiger partial charge on any atom is 0.0515 e. The van der Waals surface area contributed by atoms with Crippen LogP contribution in [0.4, 0.5) is 0 Å². The highest BCUT2D eigenvalue weighted by molar-refractivity contribution is 5.21. The maximum absolute atomic E-state index is 2.96. The summed E-state index contributed by atoms with van der Waals surface area (Å²) in [5.41, 5.74) is 1.21. The molecule has 0 saturated heterocycles. The molecule has 0 heterocycles. The van der Waals surface area contributed by atoms with E-state index < -0.39 is 0 Å². The van der Waals surface area contributed by atoms with Crippen LogP contribution in [0, 0.1) is 6.54 Å². The van der Waals surface area contributed by atoms with Crippen molar-refractivity contribution in [1.29, 1.82) is 0 Å². The molecule has 0 saturated carbocycles. The molecule has 0 aromatic heterocycles. The van der Waals surface area contributed by atoms with Crippen LogP contribution in [-0.2, 0) is 0 Å². The lowest BCUT2D eigenvalue weighted by Gasteiger charge is -1.94. The first kappa shape index (κ1) is 6.30. The molecule has 0 aliphatic carbocycles. The van der Waals surface area contributed by atoms with E-state index in [1.165, 1.54) is 5.56 Å². The minimum atomic E-state index is 1.21. The summed E-state index contributed by atoms with van der Waals surface area (Å²) in [7, 11) is 1.90. The van der Waals surface area contributed by atoms with Crippen LogP contribution in [0.2, 0.25) is 0 Å². The van der Waals surface area contributed by atoms with E-state index >= 15 is 0 Å². The van der Waals surface area contributed by atoms with Crippen molar-refractivity contribution in [3.63, 3.8) is 0 Å². The Labute approximate surface area is 55.7 Å². The lowest BCUT2D eigenvalue weighted by atomic mass is 10.2. The molecule has 0 spiro atoms. The normalized spacial score (nSPS) is 9.44. The lowest BCUT2D eigenvalue weighted by molar-refractivity contribution is 1.01. The monoisotopic (exact) mass is 120 g/mol. The van der Waals surface area contributed by atoms with Gasteiger partial charge in [0.1, 0.15) is 0 Å². The van der Waals surface area contributed by atoms with E-state index in [2.05, 4.69) is 17.4 Å². The van der Waals surface area contributed by atoms with Crippen LogP contribution in [0.5, 0.6) is 0 Å². The molecule has 0 fully saturated rings. The summed E-state index contributed by atoms with van der Waals surface area (Å²) in [5, 5.41) is 2.96. The zero-order chi connectivity index (χ0) is 6.53. The zero-order valence-electron chi connectivity index (χ0n) is 5.46. The van der Waals surface area contributed by atoms with Gasteiger partial charge in [-0.05, 0) is 12.6 Å². The Morgan fingerprint density at radius 3 is 2.44 bits per heavy atom. The van der Waals surface area contributed by atoms with Crippen LogP contribution >= 0.6 is 0 Å². The van der Waals surface area contributed by atoms with Gasteiger partial charge in [0.05, 0.1) is 6.54 Å². The van der Waals surface area contributed by atoms with E-state index in [4.69, 9.17) is 0 Å². The van der Waals surface area contributed by atoms with E-state index in [9.17, 15) is 0 Å². The first-order valence-electron chi connectivity index (χ1n) is 2.99. The van der Waals surface area contributed by atoms with Gasteiger partial charge in [0.2, 0.25) is 0 Å². The molecule has 1 N–H and O–H groups in total. The van der Waals surface area contributed by atoms with Crippen molar-refractivity contribution in [2.75, 3.05) is 7.05 Å². The summed E-state index contributed by atoms with van der Waals surface area (Å²) >= 11 is 0. The Kier molecular flexibility index (Phi) is 2.28. The summed E-state index contributed by atoms with van der Waals surface area (Å²) in [5.74, 6) is 0. The minimum absolute atomic E-state index is 1.21. The van der Waals surface area contributed by atoms with Gasteiger partial charge in [0.15, 0.2) is 0 Å². The van der Waals surface area contributed by atoms with Crippen molar-refractivity contribution in [2.24, 2.45) is 0 Å². The van der Waals surface area contributed by atoms with E-state index in [0.717, 1.165) is 0 Å². The van der Waals surface area contributed by atoms with Crippen molar-refractivity contribution >= 4 is 0 Å².